The summed E-state index contributed by atoms with van der Waals surface area (Å²) in [7, 11) is -2.82. The fourth-order valence-electron chi connectivity index (χ4n) is 2.43. The molecule has 5 heteroatoms. The average Bonchev–Trinajstić information content (AvgIpc) is 3.08. The van der Waals surface area contributed by atoms with E-state index in [1.807, 2.05) is 24.3 Å². The first-order valence-corrected chi connectivity index (χ1v) is 8.03. The third-order valence-electron chi connectivity index (χ3n) is 3.89. The summed E-state index contributed by atoms with van der Waals surface area (Å²) < 4.78 is 27.6. The quantitative estimate of drug-likeness (QED) is 0.878. The Labute approximate surface area is 107 Å². The second-order valence-electron chi connectivity index (χ2n) is 5.33. The molecule has 4 nitrogen and oxygen atoms in total. The topological polar surface area (TPSA) is 69.4 Å². The molecule has 0 radical (unpaired) electrons. The first-order valence-electron chi connectivity index (χ1n) is 6.21. The zero-order chi connectivity index (χ0) is 12.8. The Morgan fingerprint density at radius 2 is 1.83 bits per heavy atom. The van der Waals surface area contributed by atoms with E-state index in [0.717, 1.165) is 18.6 Å². The third-order valence-corrected chi connectivity index (χ3v) is 5.65. The molecule has 1 aromatic rings. The first kappa shape index (κ1) is 12.0. The fourth-order valence-corrected chi connectivity index (χ4v) is 3.60. The Morgan fingerprint density at radius 3 is 2.28 bits per heavy atom. The second-order valence-corrected chi connectivity index (χ2v) is 7.48. The smallest absolute Gasteiger partial charge is 0.157 e. The molecule has 1 aliphatic heterocycles. The van der Waals surface area contributed by atoms with E-state index in [2.05, 4.69) is 0 Å². The molecule has 2 N–H and O–H groups in total. The van der Waals surface area contributed by atoms with Gasteiger partial charge in [-0.2, -0.15) is 0 Å². The van der Waals surface area contributed by atoms with Crippen LogP contribution in [0.1, 0.15) is 18.4 Å². The molecule has 18 heavy (non-hydrogen) atoms. The molecule has 0 aromatic heterocycles. The lowest BCUT2D eigenvalue weighted by Gasteiger charge is -2.26. The van der Waals surface area contributed by atoms with Crippen LogP contribution in [0, 0.1) is 0 Å². The maximum absolute atomic E-state index is 11.0. The SMILES string of the molecule is NCC1(c2ccc(OC3CS(=O)(=O)C3)cc2)CC1. The predicted molar refractivity (Wildman–Crippen MR) is 69.5 cm³/mol. The van der Waals surface area contributed by atoms with Crippen LogP contribution in [0.5, 0.6) is 5.75 Å². The monoisotopic (exact) mass is 267 g/mol. The molecule has 0 atom stereocenters. The van der Waals surface area contributed by atoms with Gasteiger partial charge in [-0.05, 0) is 30.5 Å². The van der Waals surface area contributed by atoms with Crippen molar-refractivity contribution in [2.45, 2.75) is 24.4 Å². The standard InChI is InChI=1S/C13H17NO3S/c14-9-13(5-6-13)10-1-3-11(4-2-10)17-12-7-18(15,16)8-12/h1-4,12H,5-9,14H2. The van der Waals surface area contributed by atoms with Crippen LogP contribution in [0.25, 0.3) is 0 Å². The zero-order valence-electron chi connectivity index (χ0n) is 10.1. The molecular weight excluding hydrogens is 250 g/mol. The lowest BCUT2D eigenvalue weighted by Crippen LogP contribution is -2.45. The highest BCUT2D eigenvalue weighted by molar-refractivity contribution is 7.92. The van der Waals surface area contributed by atoms with Gasteiger partial charge in [-0.3, -0.25) is 0 Å². The molecule has 1 saturated heterocycles. The second kappa shape index (κ2) is 3.96. The number of rotatable bonds is 4. The van der Waals surface area contributed by atoms with Gasteiger partial charge < -0.3 is 10.5 Å². The maximum atomic E-state index is 11.0. The molecular formula is C13H17NO3S. The van der Waals surface area contributed by atoms with Gasteiger partial charge in [0.15, 0.2) is 9.84 Å². The van der Waals surface area contributed by atoms with Gasteiger partial charge in [0.25, 0.3) is 0 Å². The first-order chi connectivity index (χ1) is 8.53. The minimum atomic E-state index is -2.82. The molecule has 1 saturated carbocycles. The largest absolute Gasteiger partial charge is 0.488 e. The number of ether oxygens (including phenoxy) is 1. The molecule has 1 aliphatic carbocycles. The number of hydrogen-bond acceptors (Lipinski definition) is 4. The fraction of sp³-hybridized carbons (Fsp3) is 0.538. The van der Waals surface area contributed by atoms with Gasteiger partial charge in [0.1, 0.15) is 11.9 Å². The van der Waals surface area contributed by atoms with Gasteiger partial charge in [0, 0.05) is 12.0 Å². The molecule has 3 rings (SSSR count). The molecule has 2 fully saturated rings. The molecule has 0 unspecified atom stereocenters. The highest BCUT2D eigenvalue weighted by atomic mass is 32.2. The Kier molecular flexibility index (Phi) is 2.64. The van der Waals surface area contributed by atoms with E-state index in [-0.39, 0.29) is 23.0 Å². The Morgan fingerprint density at radius 1 is 1.22 bits per heavy atom. The van der Waals surface area contributed by atoms with E-state index in [4.69, 9.17) is 10.5 Å². The summed E-state index contributed by atoms with van der Waals surface area (Å²) in [5.74, 6) is 1.02. The molecule has 0 amide bonds. The van der Waals surface area contributed by atoms with Gasteiger partial charge >= 0.3 is 0 Å². The van der Waals surface area contributed by atoms with Crippen molar-refractivity contribution in [1.29, 1.82) is 0 Å². The van der Waals surface area contributed by atoms with Crippen LogP contribution in [0.4, 0.5) is 0 Å². The summed E-state index contributed by atoms with van der Waals surface area (Å²) in [6, 6.07) is 7.91. The van der Waals surface area contributed by atoms with Crippen LogP contribution in [-0.4, -0.2) is 32.6 Å². The minimum absolute atomic E-state index is 0.140. The molecule has 1 heterocycles. The van der Waals surface area contributed by atoms with Crippen LogP contribution >= 0.6 is 0 Å². The van der Waals surface area contributed by atoms with Crippen LogP contribution in [0.3, 0.4) is 0 Å². The van der Waals surface area contributed by atoms with E-state index in [9.17, 15) is 8.42 Å². The molecule has 1 aromatic carbocycles. The van der Waals surface area contributed by atoms with Gasteiger partial charge in [-0.15, -0.1) is 0 Å². The van der Waals surface area contributed by atoms with Crippen molar-refractivity contribution in [1.82, 2.24) is 0 Å². The lowest BCUT2D eigenvalue weighted by atomic mass is 9.96. The van der Waals surface area contributed by atoms with Gasteiger partial charge in [-0.25, -0.2) is 8.42 Å². The Balaban J connectivity index is 1.65. The van der Waals surface area contributed by atoms with Crippen molar-refractivity contribution in [2.75, 3.05) is 18.1 Å². The number of hydrogen-bond donors (Lipinski definition) is 1. The summed E-state index contributed by atoms with van der Waals surface area (Å²) in [5.41, 5.74) is 7.24. The summed E-state index contributed by atoms with van der Waals surface area (Å²) in [5, 5.41) is 0. The van der Waals surface area contributed by atoms with Crippen molar-refractivity contribution in [3.05, 3.63) is 29.8 Å². The van der Waals surface area contributed by atoms with E-state index in [1.165, 1.54) is 5.56 Å². The molecule has 0 bridgehead atoms. The Hall–Kier alpha value is -1.07. The molecule has 98 valence electrons. The molecule has 2 aliphatic rings. The van der Waals surface area contributed by atoms with E-state index in [1.54, 1.807) is 0 Å². The number of benzene rings is 1. The van der Waals surface area contributed by atoms with Gasteiger partial charge in [0.05, 0.1) is 11.5 Å². The van der Waals surface area contributed by atoms with Crippen LogP contribution < -0.4 is 10.5 Å². The van der Waals surface area contributed by atoms with Crippen molar-refractivity contribution < 1.29 is 13.2 Å². The van der Waals surface area contributed by atoms with Gasteiger partial charge in [-0.1, -0.05) is 12.1 Å². The Bertz CT molecular complexity index is 534. The van der Waals surface area contributed by atoms with Crippen LogP contribution in [-0.2, 0) is 15.3 Å². The lowest BCUT2D eigenvalue weighted by molar-refractivity contribution is 0.230. The van der Waals surface area contributed by atoms with Crippen LogP contribution in [0.2, 0.25) is 0 Å². The molecule has 0 spiro atoms. The maximum Gasteiger partial charge on any atom is 0.157 e. The van der Waals surface area contributed by atoms with Gasteiger partial charge in [0.2, 0.25) is 0 Å². The summed E-state index contributed by atoms with van der Waals surface area (Å²) in [6.45, 7) is 0.689. The normalized spacial score (nSPS) is 24.3. The third kappa shape index (κ3) is 2.12. The summed E-state index contributed by atoms with van der Waals surface area (Å²) in [4.78, 5) is 0. The number of nitrogens with two attached hydrogens (primary N) is 1. The summed E-state index contributed by atoms with van der Waals surface area (Å²) >= 11 is 0. The highest BCUT2D eigenvalue weighted by Gasteiger charge is 2.42. The van der Waals surface area contributed by atoms with Crippen molar-refractivity contribution in [3.63, 3.8) is 0 Å². The van der Waals surface area contributed by atoms with E-state index >= 15 is 0 Å². The van der Waals surface area contributed by atoms with Crippen molar-refractivity contribution in [2.24, 2.45) is 5.73 Å². The van der Waals surface area contributed by atoms with Crippen molar-refractivity contribution >= 4 is 9.84 Å². The highest BCUT2D eigenvalue weighted by Crippen LogP contribution is 2.47. The predicted octanol–water partition coefficient (Wildman–Crippen LogP) is 0.853. The van der Waals surface area contributed by atoms with Crippen molar-refractivity contribution in [3.8, 4) is 5.75 Å². The zero-order valence-corrected chi connectivity index (χ0v) is 10.9. The summed E-state index contributed by atoms with van der Waals surface area (Å²) in [6.07, 6.45) is 2.14. The van der Waals surface area contributed by atoms with E-state index in [0.29, 0.717) is 6.54 Å². The minimum Gasteiger partial charge on any atom is -0.488 e. The number of sulfone groups is 1. The average molecular weight is 267 g/mol. The van der Waals surface area contributed by atoms with E-state index < -0.39 is 9.84 Å². The van der Waals surface area contributed by atoms with Crippen LogP contribution in [0.15, 0.2) is 24.3 Å².